The summed E-state index contributed by atoms with van der Waals surface area (Å²) < 4.78 is 2.04. The van der Waals surface area contributed by atoms with E-state index in [2.05, 4.69) is 39.6 Å². The van der Waals surface area contributed by atoms with Crippen LogP contribution in [0.5, 0.6) is 0 Å². The molecule has 3 nitrogen and oxygen atoms in total. The van der Waals surface area contributed by atoms with E-state index >= 15 is 0 Å². The third kappa shape index (κ3) is 2.22. The van der Waals surface area contributed by atoms with E-state index in [1.165, 1.54) is 0 Å². The molecule has 0 atom stereocenters. The summed E-state index contributed by atoms with van der Waals surface area (Å²) in [4.78, 5) is 15.0. The predicted molar refractivity (Wildman–Crippen MR) is 57.6 cm³/mol. The number of hydrogen-bond donors (Lipinski definition) is 0. The summed E-state index contributed by atoms with van der Waals surface area (Å²) in [6.45, 7) is 10.5. The zero-order chi connectivity index (χ0) is 10.9. The summed E-state index contributed by atoms with van der Waals surface area (Å²) >= 11 is 0. The monoisotopic (exact) mass is 194 g/mol. The van der Waals surface area contributed by atoms with Crippen LogP contribution in [0.25, 0.3) is 0 Å². The summed E-state index contributed by atoms with van der Waals surface area (Å²) in [5.74, 6) is 0. The predicted octanol–water partition coefficient (Wildman–Crippen LogP) is 2.12. The van der Waals surface area contributed by atoms with Crippen molar-refractivity contribution < 1.29 is 0 Å². The van der Waals surface area contributed by atoms with E-state index in [-0.39, 0.29) is 11.0 Å². The molecule has 0 bridgehead atoms. The molecule has 3 heteroatoms. The van der Waals surface area contributed by atoms with Gasteiger partial charge in [-0.05, 0) is 13.8 Å². The van der Waals surface area contributed by atoms with Gasteiger partial charge in [-0.15, -0.1) is 0 Å². The topological polar surface area (TPSA) is 34.9 Å². The Kier molecular flexibility index (Phi) is 2.79. The van der Waals surface area contributed by atoms with Crippen LogP contribution in [0, 0.1) is 0 Å². The van der Waals surface area contributed by atoms with Crippen LogP contribution < -0.4 is 5.56 Å². The molecule has 0 aliphatic rings. The first kappa shape index (κ1) is 11.0. The first-order valence-corrected chi connectivity index (χ1v) is 4.91. The lowest BCUT2D eigenvalue weighted by Gasteiger charge is -2.25. The van der Waals surface area contributed by atoms with Crippen LogP contribution in [-0.2, 0) is 5.41 Å². The highest BCUT2D eigenvalue weighted by molar-refractivity contribution is 5.13. The van der Waals surface area contributed by atoms with Crippen LogP contribution in [0.15, 0.2) is 17.2 Å². The molecule has 0 aliphatic heterocycles. The number of nitrogens with zero attached hydrogens (tertiary/aromatic N) is 2. The minimum absolute atomic E-state index is 0.0215. The van der Waals surface area contributed by atoms with Crippen LogP contribution in [0.3, 0.4) is 0 Å². The van der Waals surface area contributed by atoms with Gasteiger partial charge < -0.3 is 4.57 Å². The Hall–Kier alpha value is -1.12. The number of rotatable bonds is 1. The molecule has 0 aromatic carbocycles. The summed E-state index contributed by atoms with van der Waals surface area (Å²) in [7, 11) is 0. The first-order chi connectivity index (χ1) is 6.32. The fourth-order valence-electron chi connectivity index (χ4n) is 1.43. The Morgan fingerprint density at radius 1 is 1.36 bits per heavy atom. The van der Waals surface area contributed by atoms with E-state index < -0.39 is 0 Å². The molecule has 0 spiro atoms. The van der Waals surface area contributed by atoms with Crippen molar-refractivity contribution in [2.45, 2.75) is 46.1 Å². The van der Waals surface area contributed by atoms with E-state index in [0.717, 1.165) is 5.69 Å². The second-order valence-corrected chi connectivity index (χ2v) is 4.86. The van der Waals surface area contributed by atoms with E-state index in [4.69, 9.17) is 0 Å². The van der Waals surface area contributed by atoms with E-state index in [9.17, 15) is 4.79 Å². The van der Waals surface area contributed by atoms with Crippen molar-refractivity contribution in [3.05, 3.63) is 28.4 Å². The molecule has 1 aromatic rings. The van der Waals surface area contributed by atoms with Crippen molar-refractivity contribution in [2.75, 3.05) is 0 Å². The summed E-state index contributed by atoms with van der Waals surface area (Å²) in [6.07, 6.45) is 1.63. The summed E-state index contributed by atoms with van der Waals surface area (Å²) in [5.41, 5.74) is 0.853. The molecule has 0 aliphatic carbocycles. The third-order valence-electron chi connectivity index (χ3n) is 2.17. The molecule has 1 rings (SSSR count). The highest BCUT2D eigenvalue weighted by atomic mass is 16.1. The lowest BCUT2D eigenvalue weighted by molar-refractivity contribution is 0.469. The fraction of sp³-hybridized carbons (Fsp3) is 0.636. The molecule has 78 valence electrons. The van der Waals surface area contributed by atoms with Gasteiger partial charge in [-0.25, -0.2) is 0 Å². The Morgan fingerprint density at radius 2 is 1.93 bits per heavy atom. The standard InChI is InChI=1S/C11H18N2O/c1-8(2)13-7-12-10(14)6-9(13)11(3,4)5/h6-8H,1-5H3. The number of hydrogen-bond acceptors (Lipinski definition) is 2. The van der Waals surface area contributed by atoms with Crippen LogP contribution in [-0.4, -0.2) is 9.55 Å². The van der Waals surface area contributed by atoms with Gasteiger partial charge in [0.1, 0.15) is 0 Å². The zero-order valence-electron chi connectivity index (χ0n) is 9.53. The maximum absolute atomic E-state index is 11.2. The molecule has 0 radical (unpaired) electrons. The average molecular weight is 194 g/mol. The van der Waals surface area contributed by atoms with Gasteiger partial charge >= 0.3 is 0 Å². The van der Waals surface area contributed by atoms with Crippen molar-refractivity contribution in [2.24, 2.45) is 0 Å². The minimum atomic E-state index is -0.160. The lowest BCUT2D eigenvalue weighted by Crippen LogP contribution is -2.25. The van der Waals surface area contributed by atoms with Gasteiger partial charge in [-0.3, -0.25) is 4.79 Å². The molecule has 1 heterocycles. The molecule has 0 N–H and O–H groups in total. The fourth-order valence-corrected chi connectivity index (χ4v) is 1.43. The second-order valence-electron chi connectivity index (χ2n) is 4.86. The maximum Gasteiger partial charge on any atom is 0.272 e. The molecular formula is C11H18N2O. The Labute approximate surface area is 84.8 Å². The zero-order valence-corrected chi connectivity index (χ0v) is 9.53. The van der Waals surface area contributed by atoms with E-state index in [1.807, 2.05) is 4.57 Å². The molecule has 0 unspecified atom stereocenters. The molecule has 0 saturated carbocycles. The maximum atomic E-state index is 11.2. The molecule has 0 saturated heterocycles. The van der Waals surface area contributed by atoms with Gasteiger partial charge in [0, 0.05) is 23.2 Å². The van der Waals surface area contributed by atoms with Crippen LogP contribution in [0.4, 0.5) is 0 Å². The summed E-state index contributed by atoms with van der Waals surface area (Å²) in [6, 6.07) is 1.96. The smallest absolute Gasteiger partial charge is 0.272 e. The lowest BCUT2D eigenvalue weighted by atomic mass is 9.91. The van der Waals surface area contributed by atoms with Crippen molar-refractivity contribution in [3.63, 3.8) is 0 Å². The van der Waals surface area contributed by atoms with Gasteiger partial charge in [0.15, 0.2) is 0 Å². The average Bonchev–Trinajstić information content (AvgIpc) is 2.01. The van der Waals surface area contributed by atoms with Gasteiger partial charge in [0.2, 0.25) is 0 Å². The van der Waals surface area contributed by atoms with Crippen LogP contribution >= 0.6 is 0 Å². The van der Waals surface area contributed by atoms with Crippen molar-refractivity contribution in [1.29, 1.82) is 0 Å². The Balaban J connectivity index is 3.38. The quantitative estimate of drug-likeness (QED) is 0.686. The third-order valence-corrected chi connectivity index (χ3v) is 2.17. The number of aromatic nitrogens is 2. The van der Waals surface area contributed by atoms with Gasteiger partial charge in [0.05, 0.1) is 6.33 Å². The minimum Gasteiger partial charge on any atom is -0.333 e. The van der Waals surface area contributed by atoms with Crippen LogP contribution in [0.2, 0.25) is 0 Å². The molecule has 14 heavy (non-hydrogen) atoms. The second kappa shape index (κ2) is 3.56. The summed E-state index contributed by atoms with van der Waals surface area (Å²) in [5, 5.41) is 0. The van der Waals surface area contributed by atoms with Gasteiger partial charge in [-0.2, -0.15) is 4.98 Å². The SMILES string of the molecule is CC(C)n1cnc(=O)cc1C(C)(C)C. The normalized spacial score (nSPS) is 12.1. The largest absolute Gasteiger partial charge is 0.333 e. The van der Waals surface area contributed by atoms with Crippen LogP contribution in [0.1, 0.15) is 46.4 Å². The molecule has 1 aromatic heterocycles. The van der Waals surface area contributed by atoms with Crippen molar-refractivity contribution in [3.8, 4) is 0 Å². The highest BCUT2D eigenvalue weighted by Gasteiger charge is 2.19. The first-order valence-electron chi connectivity index (χ1n) is 4.91. The van der Waals surface area contributed by atoms with E-state index in [0.29, 0.717) is 6.04 Å². The molecule has 0 amide bonds. The van der Waals surface area contributed by atoms with Crippen molar-refractivity contribution >= 4 is 0 Å². The van der Waals surface area contributed by atoms with Crippen molar-refractivity contribution in [1.82, 2.24) is 9.55 Å². The molecular weight excluding hydrogens is 176 g/mol. The Morgan fingerprint density at radius 3 is 2.36 bits per heavy atom. The van der Waals surface area contributed by atoms with Gasteiger partial charge in [0.25, 0.3) is 5.56 Å². The highest BCUT2D eigenvalue weighted by Crippen LogP contribution is 2.22. The van der Waals surface area contributed by atoms with E-state index in [1.54, 1.807) is 12.4 Å². The Bertz CT molecular complexity index is 372. The van der Waals surface area contributed by atoms with Gasteiger partial charge in [-0.1, -0.05) is 20.8 Å². The molecule has 0 fully saturated rings.